The van der Waals surface area contributed by atoms with Gasteiger partial charge in [0.1, 0.15) is 11.5 Å². The highest BCUT2D eigenvalue weighted by atomic mass is 32.2. The maximum Gasteiger partial charge on any atom is 0.132 e. The molecule has 2 nitrogen and oxygen atoms in total. The average Bonchev–Trinajstić information content (AvgIpc) is 1.59. The molecule has 2 aliphatic heterocycles. The van der Waals surface area contributed by atoms with Crippen LogP contribution in [0.15, 0.2) is 246 Å². The van der Waals surface area contributed by atoms with Crippen molar-refractivity contribution >= 4 is 28.8 Å². The zero-order valence-corrected chi connectivity index (χ0v) is 53.1. The fraction of sp³-hybridized carbons (Fsp3) is 0.214. The van der Waals surface area contributed by atoms with Crippen molar-refractivity contribution in [3.8, 4) is 56.0 Å². The summed E-state index contributed by atoms with van der Waals surface area (Å²) in [4.78, 5) is 5.19. The Morgan fingerprint density at radius 3 is 1.13 bits per heavy atom. The quantitative estimate of drug-likeness (QED) is 0.170. The van der Waals surface area contributed by atoms with E-state index in [9.17, 15) is 0 Å². The van der Waals surface area contributed by atoms with E-state index in [1.54, 1.807) is 0 Å². The van der Waals surface area contributed by atoms with E-state index < -0.39 is 10.8 Å². The van der Waals surface area contributed by atoms with Gasteiger partial charge in [0.15, 0.2) is 0 Å². The molecule has 0 amide bonds. The zero-order chi connectivity index (χ0) is 60.2. The first-order valence-electron chi connectivity index (χ1n) is 31.1. The van der Waals surface area contributed by atoms with Crippen molar-refractivity contribution in [3.63, 3.8) is 0 Å². The number of hydrogen-bond donors (Lipinski definition) is 0. The van der Waals surface area contributed by atoms with Crippen LogP contribution in [0, 0.1) is 0 Å². The second kappa shape index (κ2) is 19.4. The van der Waals surface area contributed by atoms with Gasteiger partial charge in [0.25, 0.3) is 0 Å². The molecule has 0 fully saturated rings. The van der Waals surface area contributed by atoms with Crippen molar-refractivity contribution in [3.05, 3.63) is 303 Å². The van der Waals surface area contributed by atoms with Gasteiger partial charge in [-0.05, 0) is 183 Å². The second-order valence-electron chi connectivity index (χ2n) is 28.9. The summed E-state index contributed by atoms with van der Waals surface area (Å²) in [6.45, 7) is 28.1. The second-order valence-corrected chi connectivity index (χ2v) is 30.0. The molecular weight excluding hydrogens is 1070 g/mol. The fourth-order valence-electron chi connectivity index (χ4n) is 14.8. The minimum atomic E-state index is -0.724. The first kappa shape index (κ1) is 55.0. The van der Waals surface area contributed by atoms with Crippen LogP contribution < -0.4 is 9.64 Å². The molecule has 11 aromatic rings. The topological polar surface area (TPSA) is 12.5 Å². The predicted molar refractivity (Wildman–Crippen MR) is 366 cm³/mol. The third kappa shape index (κ3) is 8.43. The highest BCUT2D eigenvalue weighted by Crippen LogP contribution is 2.66. The SMILES string of the molecule is CC(C)(C)c1ccc2c(c1)C1(c3cc(C(C)(C)C)ccc3O2)c2ccccc2-c2ccc(N(c3ccc4c(c3)C3(c5cc(C(C)(C)C)ccc5Sc5ccc(C(C)(C)C)cc53)c3ccccc3-4)c3ccccc3-c3ccc(-c4ccccc4)cc3)cc21. The summed E-state index contributed by atoms with van der Waals surface area (Å²) in [5.41, 5.74) is 26.7. The Bertz CT molecular complexity index is 4250. The van der Waals surface area contributed by atoms with Crippen LogP contribution in [0.1, 0.15) is 150 Å². The molecule has 0 saturated heterocycles. The molecule has 0 unspecified atom stereocenters. The number of ether oxygens (including phenoxy) is 1. The number of benzene rings is 11. The van der Waals surface area contributed by atoms with E-state index in [0.29, 0.717) is 0 Å². The van der Waals surface area contributed by atoms with Crippen LogP contribution in [-0.4, -0.2) is 0 Å². The van der Waals surface area contributed by atoms with Crippen molar-refractivity contribution in [2.24, 2.45) is 0 Å². The van der Waals surface area contributed by atoms with Gasteiger partial charge in [-0.25, -0.2) is 0 Å². The lowest BCUT2D eigenvalue weighted by Gasteiger charge is -2.42. The van der Waals surface area contributed by atoms with Crippen LogP contribution in [0.4, 0.5) is 17.1 Å². The normalized spacial score (nSPS) is 14.7. The molecule has 2 aliphatic carbocycles. The maximum atomic E-state index is 7.16. The van der Waals surface area contributed by atoms with Crippen molar-refractivity contribution in [2.75, 3.05) is 4.90 Å². The van der Waals surface area contributed by atoms with E-state index >= 15 is 0 Å². The van der Waals surface area contributed by atoms with Crippen LogP contribution in [0.3, 0.4) is 0 Å². The van der Waals surface area contributed by atoms with Gasteiger partial charge >= 0.3 is 0 Å². The highest BCUT2D eigenvalue weighted by Gasteiger charge is 2.54. The molecule has 0 N–H and O–H groups in total. The van der Waals surface area contributed by atoms with E-state index in [1.807, 2.05) is 11.8 Å². The number of anilines is 3. The van der Waals surface area contributed by atoms with E-state index in [1.165, 1.54) is 110 Å². The first-order valence-corrected chi connectivity index (χ1v) is 31.9. The lowest BCUT2D eigenvalue weighted by Crippen LogP contribution is -2.33. The van der Waals surface area contributed by atoms with E-state index in [2.05, 4.69) is 325 Å². The predicted octanol–water partition coefficient (Wildman–Crippen LogP) is 23.0. The molecular formula is C84H75NOS. The monoisotopic (exact) mass is 1150 g/mol. The average molecular weight is 1150 g/mol. The Balaban J connectivity index is 1.04. The van der Waals surface area contributed by atoms with Gasteiger partial charge in [0.05, 0.1) is 16.5 Å². The van der Waals surface area contributed by atoms with Crippen LogP contribution in [-0.2, 0) is 32.5 Å². The van der Waals surface area contributed by atoms with Gasteiger partial charge in [-0.2, -0.15) is 0 Å². The van der Waals surface area contributed by atoms with Crippen molar-refractivity contribution in [2.45, 2.75) is 125 Å². The van der Waals surface area contributed by atoms with Crippen molar-refractivity contribution < 1.29 is 4.74 Å². The van der Waals surface area contributed by atoms with Crippen LogP contribution in [0.5, 0.6) is 11.5 Å². The highest BCUT2D eigenvalue weighted by molar-refractivity contribution is 7.99. The standard InChI is InChI=1S/C84H75NOS/c1-79(2,3)55-34-42-75-70(46-55)83(71-47-56(80(4,5)6)35-43-76(71)86-75)66-27-19-16-25-62(66)64-40-38-59(50-68(64)83)85(74-29-21-18-24-61(74)54-32-30-53(31-33-54)52-22-14-13-15-23-52)60-39-41-65-63-26-17-20-28-67(63)84(69(65)51-60)72-48-57(81(7,8)9)36-44-77(72)87-78-45-37-58(49-73(78)84)82(10,11)12/h13-51H,1-12H3. The van der Waals surface area contributed by atoms with Gasteiger partial charge in [0, 0.05) is 37.9 Å². The molecule has 0 radical (unpaired) electrons. The van der Waals surface area contributed by atoms with E-state index in [4.69, 9.17) is 4.74 Å². The zero-order valence-electron chi connectivity index (χ0n) is 52.3. The molecule has 2 heterocycles. The van der Waals surface area contributed by atoms with Crippen molar-refractivity contribution in [1.29, 1.82) is 0 Å². The summed E-state index contributed by atoms with van der Waals surface area (Å²) >= 11 is 1.93. The Morgan fingerprint density at radius 2 is 0.655 bits per heavy atom. The van der Waals surface area contributed by atoms with Crippen molar-refractivity contribution in [1.82, 2.24) is 0 Å². The molecule has 0 bridgehead atoms. The fourth-order valence-corrected chi connectivity index (χ4v) is 16.0. The molecule has 3 heteroatoms. The van der Waals surface area contributed by atoms with Crippen LogP contribution in [0.25, 0.3) is 44.5 Å². The van der Waals surface area contributed by atoms with Crippen LogP contribution in [0.2, 0.25) is 0 Å². The number of para-hydroxylation sites is 1. The minimum Gasteiger partial charge on any atom is -0.457 e. The lowest BCUT2D eigenvalue weighted by molar-refractivity contribution is 0.433. The molecule has 0 aromatic heterocycles. The largest absolute Gasteiger partial charge is 0.457 e. The Hall–Kier alpha value is -8.63. The maximum absolute atomic E-state index is 7.16. The minimum absolute atomic E-state index is 0.0737. The van der Waals surface area contributed by atoms with Gasteiger partial charge < -0.3 is 9.64 Å². The third-order valence-electron chi connectivity index (χ3n) is 19.5. The van der Waals surface area contributed by atoms with Gasteiger partial charge in [0.2, 0.25) is 0 Å². The molecule has 4 aliphatic rings. The number of nitrogens with zero attached hydrogens (tertiary/aromatic N) is 1. The number of rotatable bonds is 5. The van der Waals surface area contributed by atoms with E-state index in [0.717, 1.165) is 39.7 Å². The Kier molecular flexibility index (Phi) is 12.3. The van der Waals surface area contributed by atoms with Gasteiger partial charge in [-0.15, -0.1) is 0 Å². The summed E-state index contributed by atoms with van der Waals surface area (Å²) in [6.07, 6.45) is 0. The third-order valence-corrected chi connectivity index (χ3v) is 20.6. The summed E-state index contributed by atoms with van der Waals surface area (Å²) in [5, 5.41) is 0. The summed E-state index contributed by atoms with van der Waals surface area (Å²) in [6, 6.07) is 91.0. The Labute approximate surface area is 520 Å². The lowest BCUT2D eigenvalue weighted by atomic mass is 9.64. The number of fused-ring (bicyclic) bond motifs is 18. The van der Waals surface area contributed by atoms with E-state index in [-0.39, 0.29) is 21.7 Å². The summed E-state index contributed by atoms with van der Waals surface area (Å²) in [5.74, 6) is 1.79. The Morgan fingerprint density at radius 1 is 0.287 bits per heavy atom. The summed E-state index contributed by atoms with van der Waals surface area (Å²) < 4.78 is 7.16. The van der Waals surface area contributed by atoms with Crippen LogP contribution >= 0.6 is 11.8 Å². The molecule has 0 atom stereocenters. The molecule has 428 valence electrons. The molecule has 11 aromatic carbocycles. The number of hydrogen-bond acceptors (Lipinski definition) is 3. The molecule has 2 spiro atoms. The molecule has 87 heavy (non-hydrogen) atoms. The first-order chi connectivity index (χ1) is 41.6. The van der Waals surface area contributed by atoms with Gasteiger partial charge in [-0.3, -0.25) is 0 Å². The smallest absolute Gasteiger partial charge is 0.132 e. The molecule has 0 saturated carbocycles. The summed E-state index contributed by atoms with van der Waals surface area (Å²) in [7, 11) is 0. The van der Waals surface area contributed by atoms with Gasteiger partial charge in [-0.1, -0.05) is 265 Å². The molecule has 15 rings (SSSR count).